The topological polar surface area (TPSA) is 179 Å². The van der Waals surface area contributed by atoms with E-state index < -0.39 is 59.4 Å². The van der Waals surface area contributed by atoms with E-state index >= 15 is 0 Å². The van der Waals surface area contributed by atoms with E-state index in [9.17, 15) is 23.0 Å². The zero-order valence-electron chi connectivity index (χ0n) is 31.7. The molecule has 0 radical (unpaired) electrons. The highest BCUT2D eigenvalue weighted by Gasteiger charge is 2.40. The average molecular weight is 838 g/mol. The summed E-state index contributed by atoms with van der Waals surface area (Å²) >= 11 is 0. The van der Waals surface area contributed by atoms with Gasteiger partial charge in [-0.1, -0.05) is 13.0 Å². The Hall–Kier alpha value is -3.80. The Morgan fingerprint density at radius 3 is 2.19 bits per heavy atom. The largest absolute Gasteiger partial charge is 0.493 e. The molecule has 3 aromatic carbocycles. The van der Waals surface area contributed by atoms with E-state index in [4.69, 9.17) is 28.5 Å². The predicted octanol–water partition coefficient (Wildman–Crippen LogP) is 5.60. The van der Waals surface area contributed by atoms with Crippen LogP contribution in [-0.4, -0.2) is 88.1 Å². The number of hydrogen-bond acceptors (Lipinski definition) is 12. The van der Waals surface area contributed by atoms with Crippen LogP contribution in [-0.2, 0) is 33.2 Å². The average Bonchev–Trinajstić information content (AvgIpc) is 3.76. The summed E-state index contributed by atoms with van der Waals surface area (Å²) in [6.45, 7) is 8.23. The molecule has 2 aliphatic rings. The highest BCUT2D eigenvalue weighted by molar-refractivity contribution is 7.46. The second-order valence-corrected chi connectivity index (χ2v) is 16.2. The number of nitrogens with zero attached hydrogens (tertiary/aromatic N) is 5. The van der Waals surface area contributed by atoms with E-state index in [-0.39, 0.29) is 11.6 Å². The normalized spacial score (nSPS) is 20.5. The Kier molecular flexibility index (Phi) is 14.2. The molecule has 0 amide bonds. The van der Waals surface area contributed by atoms with E-state index in [1.807, 2.05) is 62.4 Å². The maximum atomic E-state index is 14.4. The molecule has 6 rings (SSSR count). The zero-order chi connectivity index (χ0) is 40.7. The van der Waals surface area contributed by atoms with Gasteiger partial charge in [0.1, 0.15) is 23.7 Å². The summed E-state index contributed by atoms with van der Waals surface area (Å²) in [5, 5.41) is 4.33. The first-order valence-corrected chi connectivity index (χ1v) is 21.0. The lowest BCUT2D eigenvalue weighted by Crippen LogP contribution is -2.46. The molecule has 0 bridgehead atoms. The summed E-state index contributed by atoms with van der Waals surface area (Å²) in [6, 6.07) is 18.8. The highest BCUT2D eigenvalue weighted by atomic mass is 31.2. The molecule has 1 aromatic heterocycles. The number of ether oxygens (including phenoxy) is 3. The molecule has 0 spiro atoms. The fourth-order valence-corrected chi connectivity index (χ4v) is 7.73. The van der Waals surface area contributed by atoms with Crippen LogP contribution in [0.25, 0.3) is 5.69 Å². The fraction of sp³-hybridized carbons (Fsp3) is 0.459. The number of aromatic nitrogens is 3. The van der Waals surface area contributed by atoms with Crippen molar-refractivity contribution in [3.8, 4) is 11.4 Å². The standard InChI is InChI=1S/C37H47F2N5O11P2/c1-4-35(26(2)51-24-53-56(46)54-25-55-57(47,48)49)44-36(45)43(23-40-44)31-8-6-29(7-9-31)41-15-17-42(18-16-41)30-10-12-32(13-11-30)50-21-27-20-37(3,52-22-27)33-14-5-28(38)19-34(33)39/h5-14,19,23,26-27,35,46H,4,15-18,20-22,24-25H2,1-3H3,(H2,47,48,49)/t26-,27+,35-,37+,56?/m0/s1. The van der Waals surface area contributed by atoms with Gasteiger partial charge in [-0.05, 0) is 81.3 Å². The zero-order valence-corrected chi connectivity index (χ0v) is 33.5. The van der Waals surface area contributed by atoms with Crippen LogP contribution in [0, 0.1) is 17.6 Å². The molecule has 5 atom stereocenters. The lowest BCUT2D eigenvalue weighted by Gasteiger charge is -2.37. The summed E-state index contributed by atoms with van der Waals surface area (Å²) in [6.07, 6.45) is 1.97. The van der Waals surface area contributed by atoms with Crippen molar-refractivity contribution in [2.24, 2.45) is 5.92 Å². The molecule has 2 saturated heterocycles. The molecule has 310 valence electrons. The first-order chi connectivity index (χ1) is 27.2. The number of phosphoric ester groups is 1. The molecule has 0 aliphatic carbocycles. The lowest BCUT2D eigenvalue weighted by atomic mass is 9.89. The summed E-state index contributed by atoms with van der Waals surface area (Å²) in [7, 11) is -7.26. The summed E-state index contributed by atoms with van der Waals surface area (Å²) < 4.78 is 72.8. The summed E-state index contributed by atoms with van der Waals surface area (Å²) in [4.78, 5) is 45.1. The van der Waals surface area contributed by atoms with Crippen molar-refractivity contribution >= 4 is 27.8 Å². The number of piperazine rings is 1. The van der Waals surface area contributed by atoms with Gasteiger partial charge in [0, 0.05) is 55.1 Å². The lowest BCUT2D eigenvalue weighted by molar-refractivity contribution is -0.0613. The van der Waals surface area contributed by atoms with Gasteiger partial charge in [-0.3, -0.25) is 13.6 Å². The van der Waals surface area contributed by atoms with Crippen LogP contribution in [0.2, 0.25) is 0 Å². The second kappa shape index (κ2) is 18.9. The monoisotopic (exact) mass is 837 g/mol. The molecular weight excluding hydrogens is 790 g/mol. The van der Waals surface area contributed by atoms with E-state index in [2.05, 4.69) is 23.9 Å². The van der Waals surface area contributed by atoms with E-state index in [1.54, 1.807) is 6.92 Å². The first kappa shape index (κ1) is 42.8. The third-order valence-corrected chi connectivity index (χ3v) is 11.2. The number of hydrogen-bond donors (Lipinski definition) is 3. The minimum atomic E-state index is -4.75. The Balaban J connectivity index is 0.951. The molecule has 1 unspecified atom stereocenters. The van der Waals surface area contributed by atoms with Gasteiger partial charge in [0.25, 0.3) is 0 Å². The van der Waals surface area contributed by atoms with E-state index in [0.717, 1.165) is 49.4 Å². The van der Waals surface area contributed by atoms with Crippen LogP contribution >= 0.6 is 16.4 Å². The molecular formula is C37H47F2N5O11P2. The van der Waals surface area contributed by atoms with Gasteiger partial charge < -0.3 is 38.7 Å². The van der Waals surface area contributed by atoms with Gasteiger partial charge in [-0.15, -0.1) is 0 Å². The number of rotatable bonds is 18. The van der Waals surface area contributed by atoms with Crippen molar-refractivity contribution in [1.82, 2.24) is 14.3 Å². The number of benzene rings is 3. The minimum Gasteiger partial charge on any atom is -0.493 e. The molecule has 0 saturated carbocycles. The van der Waals surface area contributed by atoms with Gasteiger partial charge in [-0.25, -0.2) is 27.4 Å². The number of halogens is 2. The molecule has 2 aliphatic heterocycles. The molecule has 2 fully saturated rings. The third kappa shape index (κ3) is 11.0. The SMILES string of the molecule is CC[C@@H]([C@H](C)OCOP(O)OCOP(=O)(O)O)n1ncn(-c2ccc(N3CCN(c4ccc(OC[C@@H]5CO[C@@](C)(c6ccc(F)cc6F)C5)cc4)CC3)cc2)c1=O. The molecule has 16 nitrogen and oxygen atoms in total. The van der Waals surface area contributed by atoms with Crippen molar-refractivity contribution in [3.63, 3.8) is 0 Å². The van der Waals surface area contributed by atoms with Gasteiger partial charge in [0.15, 0.2) is 13.6 Å². The van der Waals surface area contributed by atoms with Crippen LogP contribution in [0.5, 0.6) is 5.75 Å². The van der Waals surface area contributed by atoms with Crippen molar-refractivity contribution in [1.29, 1.82) is 0 Å². The fourth-order valence-electron chi connectivity index (χ4n) is 7.09. The van der Waals surface area contributed by atoms with Crippen molar-refractivity contribution in [3.05, 3.63) is 101 Å². The van der Waals surface area contributed by atoms with Crippen LogP contribution in [0.4, 0.5) is 20.2 Å². The molecule has 57 heavy (non-hydrogen) atoms. The second-order valence-electron chi connectivity index (χ2n) is 14.0. The van der Waals surface area contributed by atoms with Gasteiger partial charge >= 0.3 is 22.1 Å². The molecule has 20 heteroatoms. The summed E-state index contributed by atoms with van der Waals surface area (Å²) in [5.74, 6) is -0.415. The highest BCUT2D eigenvalue weighted by Crippen LogP contribution is 2.41. The smallest absolute Gasteiger partial charge is 0.471 e. The molecule has 3 N–H and O–H groups in total. The molecule has 4 aromatic rings. The maximum absolute atomic E-state index is 14.4. The Bertz CT molecular complexity index is 2030. The van der Waals surface area contributed by atoms with Gasteiger partial charge in [0.05, 0.1) is 36.6 Å². The predicted molar refractivity (Wildman–Crippen MR) is 206 cm³/mol. The van der Waals surface area contributed by atoms with Crippen molar-refractivity contribution in [2.45, 2.75) is 51.4 Å². The number of anilines is 2. The van der Waals surface area contributed by atoms with Crippen LogP contribution < -0.4 is 20.2 Å². The Labute approximate surface area is 329 Å². The van der Waals surface area contributed by atoms with Crippen molar-refractivity contribution < 1.29 is 55.8 Å². The number of phosphoric acid groups is 1. The quantitative estimate of drug-likeness (QED) is 0.0833. The Morgan fingerprint density at radius 2 is 1.58 bits per heavy atom. The van der Waals surface area contributed by atoms with Gasteiger partial charge in [-0.2, -0.15) is 5.10 Å². The Morgan fingerprint density at radius 1 is 0.965 bits per heavy atom. The third-order valence-electron chi connectivity index (χ3n) is 10.1. The first-order valence-electron chi connectivity index (χ1n) is 18.4. The molecule has 3 heterocycles. The van der Waals surface area contributed by atoms with Crippen LogP contribution in [0.1, 0.15) is 45.2 Å². The van der Waals surface area contributed by atoms with Crippen LogP contribution in [0.3, 0.4) is 0 Å². The van der Waals surface area contributed by atoms with Gasteiger partial charge in [0.2, 0.25) is 0 Å². The minimum absolute atomic E-state index is 0.0661. The van der Waals surface area contributed by atoms with Crippen LogP contribution in [0.15, 0.2) is 77.9 Å². The van der Waals surface area contributed by atoms with E-state index in [1.165, 1.54) is 27.7 Å². The maximum Gasteiger partial charge on any atom is 0.471 e. The van der Waals surface area contributed by atoms with E-state index in [0.29, 0.717) is 37.3 Å². The van der Waals surface area contributed by atoms with Crippen molar-refractivity contribution in [2.75, 3.05) is 62.8 Å². The summed E-state index contributed by atoms with van der Waals surface area (Å²) in [5.41, 5.74) is 1.94.